The second-order valence-corrected chi connectivity index (χ2v) is 6.09. The molecule has 0 aliphatic carbocycles. The highest BCUT2D eigenvalue weighted by Crippen LogP contribution is 2.22. The maximum atomic E-state index is 10.4. The van der Waals surface area contributed by atoms with Gasteiger partial charge in [0, 0.05) is 12.6 Å². The lowest BCUT2D eigenvalue weighted by molar-refractivity contribution is 0.0697. The zero-order valence-electron chi connectivity index (χ0n) is 12.7. The van der Waals surface area contributed by atoms with Crippen LogP contribution in [0.5, 0.6) is 0 Å². The predicted molar refractivity (Wildman–Crippen MR) is 81.8 cm³/mol. The quantitative estimate of drug-likeness (QED) is 0.869. The van der Waals surface area contributed by atoms with Crippen molar-refractivity contribution in [1.29, 1.82) is 0 Å². The topological polar surface area (TPSA) is 43.7 Å². The van der Waals surface area contributed by atoms with Crippen molar-refractivity contribution in [2.24, 2.45) is 0 Å². The molecule has 112 valence electrons. The largest absolute Gasteiger partial charge is 0.395 e. The lowest BCUT2D eigenvalue weighted by Crippen LogP contribution is -2.42. The van der Waals surface area contributed by atoms with Gasteiger partial charge < -0.3 is 10.2 Å². The van der Waals surface area contributed by atoms with Crippen LogP contribution >= 0.6 is 0 Å². The summed E-state index contributed by atoms with van der Waals surface area (Å²) >= 11 is 0. The Labute approximate surface area is 122 Å². The van der Waals surface area contributed by atoms with Gasteiger partial charge in [0.25, 0.3) is 0 Å². The summed E-state index contributed by atoms with van der Waals surface area (Å²) in [6, 6.07) is 6.55. The van der Waals surface area contributed by atoms with Gasteiger partial charge in [-0.05, 0) is 45.2 Å². The average Bonchev–Trinajstić information content (AvgIpc) is 2.44. The summed E-state index contributed by atoms with van der Waals surface area (Å²) in [5.74, 6) is 0. The van der Waals surface area contributed by atoms with E-state index in [0.717, 1.165) is 31.5 Å². The molecule has 1 aliphatic rings. The van der Waals surface area contributed by atoms with E-state index in [1.807, 2.05) is 0 Å². The van der Waals surface area contributed by atoms with Gasteiger partial charge in [0.15, 0.2) is 0 Å². The Hall–Kier alpha value is -0.900. The van der Waals surface area contributed by atoms with E-state index >= 15 is 0 Å². The molecular formula is C17H27NO2. The molecule has 2 N–H and O–H groups in total. The van der Waals surface area contributed by atoms with E-state index in [1.165, 1.54) is 24.0 Å². The average molecular weight is 277 g/mol. The molecule has 0 bridgehead atoms. The molecule has 1 aromatic carbocycles. The van der Waals surface area contributed by atoms with Crippen LogP contribution < -0.4 is 0 Å². The van der Waals surface area contributed by atoms with Gasteiger partial charge in [0.05, 0.1) is 12.7 Å². The number of likely N-dealkylation sites (tertiary alicyclic amines) is 1. The number of aliphatic hydroxyl groups is 2. The van der Waals surface area contributed by atoms with Crippen molar-refractivity contribution < 1.29 is 10.2 Å². The molecule has 0 spiro atoms. The molecule has 0 amide bonds. The van der Waals surface area contributed by atoms with E-state index in [9.17, 15) is 10.2 Å². The van der Waals surface area contributed by atoms with Gasteiger partial charge in [-0.2, -0.15) is 0 Å². The Balaban J connectivity index is 1.92. The summed E-state index contributed by atoms with van der Waals surface area (Å²) in [4.78, 5) is 2.33. The zero-order valence-corrected chi connectivity index (χ0v) is 12.7. The number of aliphatic hydroxyl groups excluding tert-OH is 2. The number of piperidine rings is 1. The molecule has 20 heavy (non-hydrogen) atoms. The first-order chi connectivity index (χ1) is 9.60. The van der Waals surface area contributed by atoms with Gasteiger partial charge >= 0.3 is 0 Å². The smallest absolute Gasteiger partial charge is 0.0802 e. The van der Waals surface area contributed by atoms with Crippen molar-refractivity contribution in [3.8, 4) is 0 Å². The minimum Gasteiger partial charge on any atom is -0.395 e. The molecule has 1 saturated heterocycles. The molecule has 1 aromatic rings. The van der Waals surface area contributed by atoms with Crippen molar-refractivity contribution in [2.45, 2.75) is 51.7 Å². The predicted octanol–water partition coefficient (Wildman–Crippen LogP) is 2.57. The fourth-order valence-electron chi connectivity index (χ4n) is 3.22. The van der Waals surface area contributed by atoms with Crippen LogP contribution in [-0.2, 0) is 0 Å². The van der Waals surface area contributed by atoms with Gasteiger partial charge in [-0.15, -0.1) is 0 Å². The third-order valence-corrected chi connectivity index (χ3v) is 4.28. The molecule has 1 fully saturated rings. The lowest BCUT2D eigenvalue weighted by Gasteiger charge is -2.35. The van der Waals surface area contributed by atoms with Gasteiger partial charge in [0.1, 0.15) is 0 Å². The van der Waals surface area contributed by atoms with E-state index < -0.39 is 6.10 Å². The highest BCUT2D eigenvalue weighted by molar-refractivity contribution is 5.29. The summed E-state index contributed by atoms with van der Waals surface area (Å²) in [6.07, 6.45) is 3.82. The summed E-state index contributed by atoms with van der Waals surface area (Å²) in [5, 5.41) is 19.8. The third-order valence-electron chi connectivity index (χ3n) is 4.28. The first-order valence-electron chi connectivity index (χ1n) is 7.71. The van der Waals surface area contributed by atoms with Crippen LogP contribution in [0.4, 0.5) is 0 Å². The molecule has 2 rings (SSSR count). The number of hydrogen-bond acceptors (Lipinski definition) is 3. The van der Waals surface area contributed by atoms with E-state index in [-0.39, 0.29) is 12.6 Å². The second-order valence-electron chi connectivity index (χ2n) is 6.09. The number of nitrogens with zero attached hydrogens (tertiary/aromatic N) is 1. The third kappa shape index (κ3) is 4.05. The van der Waals surface area contributed by atoms with E-state index in [4.69, 9.17) is 0 Å². The lowest BCUT2D eigenvalue weighted by atomic mass is 9.99. The molecule has 3 nitrogen and oxygen atoms in total. The van der Waals surface area contributed by atoms with Crippen molar-refractivity contribution in [3.63, 3.8) is 0 Å². The molecule has 0 radical (unpaired) electrons. The Kier molecular flexibility index (Phi) is 5.58. The van der Waals surface area contributed by atoms with Gasteiger partial charge in [-0.1, -0.05) is 35.7 Å². The number of benzene rings is 1. The second kappa shape index (κ2) is 7.21. The molecular weight excluding hydrogens is 250 g/mol. The standard InChI is InChI=1S/C17H27NO2/c1-13-9-14(2)11-15(10-13)17(20)6-8-18-7-4-3-5-16(18)12-19/h9-11,16-17,19-20H,3-8,12H2,1-2H3. The number of aryl methyl sites for hydroxylation is 2. The molecule has 0 saturated carbocycles. The maximum Gasteiger partial charge on any atom is 0.0802 e. The van der Waals surface area contributed by atoms with Crippen LogP contribution in [0, 0.1) is 13.8 Å². The molecule has 1 heterocycles. The van der Waals surface area contributed by atoms with Crippen LogP contribution in [0.2, 0.25) is 0 Å². The van der Waals surface area contributed by atoms with Crippen LogP contribution in [-0.4, -0.2) is 40.9 Å². The summed E-state index contributed by atoms with van der Waals surface area (Å²) in [7, 11) is 0. The summed E-state index contributed by atoms with van der Waals surface area (Å²) < 4.78 is 0. The van der Waals surface area contributed by atoms with Crippen LogP contribution in [0.25, 0.3) is 0 Å². The van der Waals surface area contributed by atoms with Gasteiger partial charge in [0.2, 0.25) is 0 Å². The summed E-state index contributed by atoms with van der Waals surface area (Å²) in [6.45, 7) is 6.27. The van der Waals surface area contributed by atoms with Crippen molar-refractivity contribution >= 4 is 0 Å². The van der Waals surface area contributed by atoms with E-state index in [0.29, 0.717) is 0 Å². The van der Waals surface area contributed by atoms with E-state index in [2.05, 4.69) is 36.9 Å². The molecule has 2 unspecified atom stereocenters. The van der Waals surface area contributed by atoms with Crippen LogP contribution in [0.3, 0.4) is 0 Å². The molecule has 0 aromatic heterocycles. The Bertz CT molecular complexity index is 413. The normalized spacial score (nSPS) is 21.9. The Morgan fingerprint density at radius 3 is 2.55 bits per heavy atom. The first kappa shape index (κ1) is 15.5. The zero-order chi connectivity index (χ0) is 14.5. The minimum atomic E-state index is -0.408. The van der Waals surface area contributed by atoms with Crippen molar-refractivity contribution in [2.75, 3.05) is 19.7 Å². The fraction of sp³-hybridized carbons (Fsp3) is 0.647. The van der Waals surface area contributed by atoms with Crippen LogP contribution in [0.1, 0.15) is 48.5 Å². The Morgan fingerprint density at radius 1 is 1.20 bits per heavy atom. The van der Waals surface area contributed by atoms with Crippen molar-refractivity contribution in [3.05, 3.63) is 34.9 Å². The van der Waals surface area contributed by atoms with Crippen molar-refractivity contribution in [1.82, 2.24) is 4.90 Å². The minimum absolute atomic E-state index is 0.236. The number of rotatable bonds is 5. The molecule has 2 atom stereocenters. The van der Waals surface area contributed by atoms with Crippen LogP contribution in [0.15, 0.2) is 18.2 Å². The van der Waals surface area contributed by atoms with Gasteiger partial charge in [-0.3, -0.25) is 4.90 Å². The number of hydrogen-bond donors (Lipinski definition) is 2. The van der Waals surface area contributed by atoms with E-state index in [1.54, 1.807) is 0 Å². The summed E-state index contributed by atoms with van der Waals surface area (Å²) in [5.41, 5.74) is 3.41. The molecule has 3 heteroatoms. The highest BCUT2D eigenvalue weighted by atomic mass is 16.3. The Morgan fingerprint density at radius 2 is 1.90 bits per heavy atom. The SMILES string of the molecule is Cc1cc(C)cc(C(O)CCN2CCCCC2CO)c1. The fourth-order valence-corrected chi connectivity index (χ4v) is 3.22. The molecule has 1 aliphatic heterocycles. The maximum absolute atomic E-state index is 10.4. The van der Waals surface area contributed by atoms with Gasteiger partial charge in [-0.25, -0.2) is 0 Å². The monoisotopic (exact) mass is 277 g/mol. The first-order valence-corrected chi connectivity index (χ1v) is 7.71. The highest BCUT2D eigenvalue weighted by Gasteiger charge is 2.22.